The molecule has 16 heavy (non-hydrogen) atoms. The van der Waals surface area contributed by atoms with Crippen molar-refractivity contribution in [1.82, 2.24) is 9.97 Å². The Hall–Kier alpha value is -1.69. The Morgan fingerprint density at radius 3 is 3.06 bits per heavy atom. The molecule has 2 N–H and O–H groups in total. The van der Waals surface area contributed by atoms with E-state index >= 15 is 0 Å². The van der Waals surface area contributed by atoms with Crippen LogP contribution in [0, 0.1) is 6.92 Å². The van der Waals surface area contributed by atoms with E-state index < -0.39 is 5.97 Å². The van der Waals surface area contributed by atoms with E-state index in [-0.39, 0.29) is 5.75 Å². The van der Waals surface area contributed by atoms with Gasteiger partial charge in [0.25, 0.3) is 0 Å². The van der Waals surface area contributed by atoms with E-state index in [9.17, 15) is 4.79 Å². The van der Waals surface area contributed by atoms with Gasteiger partial charge in [-0.15, -0.1) is 0 Å². The molecule has 0 amide bonds. The molecule has 6 heteroatoms. The Bertz CT molecular complexity index is 504. The summed E-state index contributed by atoms with van der Waals surface area (Å²) in [5.41, 5.74) is 0.751. The number of hydrogen-bond donors (Lipinski definition) is 2. The van der Waals surface area contributed by atoms with E-state index in [0.29, 0.717) is 10.9 Å². The Kier molecular flexibility index (Phi) is 3.00. The van der Waals surface area contributed by atoms with Crippen LogP contribution in [-0.4, -0.2) is 26.8 Å². The summed E-state index contributed by atoms with van der Waals surface area (Å²) >= 11 is 1.14. The molecule has 0 aliphatic rings. The molecule has 84 valence electrons. The third-order valence-corrected chi connectivity index (χ3v) is 2.76. The average molecular weight is 238 g/mol. The molecule has 0 saturated heterocycles. The molecule has 0 fully saturated rings. The quantitative estimate of drug-likeness (QED) is 0.798. The first-order valence-electron chi connectivity index (χ1n) is 4.61. The third-order valence-electron chi connectivity index (χ3n) is 1.89. The van der Waals surface area contributed by atoms with E-state index in [1.54, 1.807) is 6.20 Å². The molecule has 0 atom stereocenters. The van der Waals surface area contributed by atoms with Gasteiger partial charge in [-0.1, -0.05) is 11.8 Å². The van der Waals surface area contributed by atoms with Gasteiger partial charge >= 0.3 is 5.97 Å². The van der Waals surface area contributed by atoms with Crippen LogP contribution in [-0.2, 0) is 4.79 Å². The van der Waals surface area contributed by atoms with Crippen molar-refractivity contribution in [1.29, 1.82) is 0 Å². The SMILES string of the molecule is Cc1ccc(-c2cnc(SCC(=O)O)[nH]2)o1. The van der Waals surface area contributed by atoms with E-state index in [2.05, 4.69) is 9.97 Å². The van der Waals surface area contributed by atoms with Crippen LogP contribution in [0.4, 0.5) is 0 Å². The normalized spacial score (nSPS) is 10.6. The number of imidazole rings is 1. The molecule has 2 heterocycles. The maximum atomic E-state index is 10.4. The number of H-pyrrole nitrogens is 1. The van der Waals surface area contributed by atoms with Crippen molar-refractivity contribution in [3.63, 3.8) is 0 Å². The van der Waals surface area contributed by atoms with Gasteiger partial charge in [0, 0.05) is 0 Å². The number of aromatic nitrogens is 2. The molecule has 0 radical (unpaired) electrons. The molecule has 5 nitrogen and oxygen atoms in total. The number of nitrogens with one attached hydrogen (secondary N) is 1. The number of rotatable bonds is 4. The minimum atomic E-state index is -0.864. The van der Waals surface area contributed by atoms with Crippen LogP contribution in [0.1, 0.15) is 5.76 Å². The average Bonchev–Trinajstić information content (AvgIpc) is 2.83. The highest BCUT2D eigenvalue weighted by Gasteiger charge is 2.08. The fourth-order valence-corrected chi connectivity index (χ4v) is 1.78. The lowest BCUT2D eigenvalue weighted by Crippen LogP contribution is -1.97. The fourth-order valence-electron chi connectivity index (χ4n) is 1.21. The van der Waals surface area contributed by atoms with Crippen LogP contribution in [0.5, 0.6) is 0 Å². The first kappa shape index (κ1) is 10.8. The van der Waals surface area contributed by atoms with Gasteiger partial charge in [0.15, 0.2) is 10.9 Å². The summed E-state index contributed by atoms with van der Waals surface area (Å²) < 4.78 is 5.41. The lowest BCUT2D eigenvalue weighted by Gasteiger charge is -1.92. The lowest BCUT2D eigenvalue weighted by atomic mass is 10.3. The van der Waals surface area contributed by atoms with Gasteiger partial charge < -0.3 is 14.5 Å². The highest BCUT2D eigenvalue weighted by atomic mass is 32.2. The van der Waals surface area contributed by atoms with E-state index in [4.69, 9.17) is 9.52 Å². The zero-order valence-corrected chi connectivity index (χ0v) is 9.37. The molecule has 2 aromatic heterocycles. The lowest BCUT2D eigenvalue weighted by molar-refractivity contribution is -0.133. The predicted octanol–water partition coefficient (Wildman–Crippen LogP) is 2.15. The van der Waals surface area contributed by atoms with E-state index in [1.807, 2.05) is 19.1 Å². The van der Waals surface area contributed by atoms with Crippen LogP contribution >= 0.6 is 11.8 Å². The maximum Gasteiger partial charge on any atom is 0.313 e. The standard InChI is InChI=1S/C10H10N2O3S/c1-6-2-3-8(15-6)7-4-11-10(12-7)16-5-9(13)14/h2-4H,5H2,1H3,(H,11,12)(H,13,14). The Morgan fingerprint density at radius 1 is 1.62 bits per heavy atom. The molecule has 0 unspecified atom stereocenters. The van der Waals surface area contributed by atoms with Crippen molar-refractivity contribution >= 4 is 17.7 Å². The number of carbonyl (C=O) groups is 1. The zero-order valence-electron chi connectivity index (χ0n) is 8.56. The summed E-state index contributed by atoms with van der Waals surface area (Å²) in [6, 6.07) is 3.70. The number of aromatic amines is 1. The summed E-state index contributed by atoms with van der Waals surface area (Å²) in [7, 11) is 0. The van der Waals surface area contributed by atoms with Gasteiger partial charge in [-0.25, -0.2) is 4.98 Å². The van der Waals surface area contributed by atoms with Gasteiger partial charge in [-0.2, -0.15) is 0 Å². The minimum Gasteiger partial charge on any atom is -0.481 e. The number of thioether (sulfide) groups is 1. The monoisotopic (exact) mass is 238 g/mol. The number of furan rings is 1. The number of aliphatic carboxylic acids is 1. The number of carboxylic acids is 1. The second kappa shape index (κ2) is 4.44. The van der Waals surface area contributed by atoms with Crippen LogP contribution in [0.2, 0.25) is 0 Å². The summed E-state index contributed by atoms with van der Waals surface area (Å²) in [6.07, 6.45) is 1.63. The predicted molar refractivity (Wildman–Crippen MR) is 59.4 cm³/mol. The number of hydrogen-bond acceptors (Lipinski definition) is 4. The molecule has 2 rings (SSSR count). The highest BCUT2D eigenvalue weighted by Crippen LogP contribution is 2.22. The maximum absolute atomic E-state index is 10.4. The minimum absolute atomic E-state index is 0.00979. The number of carboxylic acid groups (broad SMARTS) is 1. The first-order chi connectivity index (χ1) is 7.65. The van der Waals surface area contributed by atoms with E-state index in [1.165, 1.54) is 0 Å². The van der Waals surface area contributed by atoms with Crippen LogP contribution in [0.15, 0.2) is 27.9 Å². The van der Waals surface area contributed by atoms with Crippen LogP contribution in [0.3, 0.4) is 0 Å². The summed E-state index contributed by atoms with van der Waals surface area (Å²) in [5.74, 6) is 0.651. The van der Waals surface area contributed by atoms with Crippen molar-refractivity contribution in [2.45, 2.75) is 12.1 Å². The highest BCUT2D eigenvalue weighted by molar-refractivity contribution is 7.99. The van der Waals surface area contributed by atoms with Gasteiger partial charge in [0.1, 0.15) is 11.5 Å². The summed E-state index contributed by atoms with van der Waals surface area (Å²) in [4.78, 5) is 17.4. The van der Waals surface area contributed by atoms with Crippen molar-refractivity contribution in [2.75, 3.05) is 5.75 Å². The molecular formula is C10H10N2O3S. The molecule has 0 saturated carbocycles. The summed E-state index contributed by atoms with van der Waals surface area (Å²) in [5, 5.41) is 9.10. The van der Waals surface area contributed by atoms with Crippen LogP contribution < -0.4 is 0 Å². The summed E-state index contributed by atoms with van der Waals surface area (Å²) in [6.45, 7) is 1.86. The Labute approximate surface area is 95.9 Å². The smallest absolute Gasteiger partial charge is 0.313 e. The molecule has 0 aliphatic heterocycles. The Balaban J connectivity index is 2.10. The molecule has 0 aromatic carbocycles. The van der Waals surface area contributed by atoms with Crippen molar-refractivity contribution in [3.8, 4) is 11.5 Å². The van der Waals surface area contributed by atoms with Crippen molar-refractivity contribution in [3.05, 3.63) is 24.1 Å². The van der Waals surface area contributed by atoms with Gasteiger partial charge in [-0.3, -0.25) is 4.79 Å². The van der Waals surface area contributed by atoms with E-state index in [0.717, 1.165) is 23.2 Å². The third kappa shape index (κ3) is 2.46. The largest absolute Gasteiger partial charge is 0.481 e. The molecule has 0 spiro atoms. The van der Waals surface area contributed by atoms with Gasteiger partial charge in [0.2, 0.25) is 0 Å². The molecular weight excluding hydrogens is 228 g/mol. The first-order valence-corrected chi connectivity index (χ1v) is 5.60. The second-order valence-electron chi connectivity index (χ2n) is 3.19. The topological polar surface area (TPSA) is 79.1 Å². The number of aryl methyl sites for hydroxylation is 1. The molecule has 0 aliphatic carbocycles. The van der Waals surface area contributed by atoms with Crippen LogP contribution in [0.25, 0.3) is 11.5 Å². The second-order valence-corrected chi connectivity index (χ2v) is 4.16. The van der Waals surface area contributed by atoms with Gasteiger partial charge in [-0.05, 0) is 19.1 Å². The van der Waals surface area contributed by atoms with Crippen molar-refractivity contribution in [2.24, 2.45) is 0 Å². The number of nitrogens with zero attached hydrogens (tertiary/aromatic N) is 1. The van der Waals surface area contributed by atoms with Gasteiger partial charge in [0.05, 0.1) is 11.9 Å². The molecule has 0 bridgehead atoms. The van der Waals surface area contributed by atoms with Crippen molar-refractivity contribution < 1.29 is 14.3 Å². The fraction of sp³-hybridized carbons (Fsp3) is 0.200. The molecule has 2 aromatic rings. The zero-order chi connectivity index (χ0) is 11.5. The Morgan fingerprint density at radius 2 is 2.44 bits per heavy atom.